The monoisotopic (exact) mass is 304 g/mol. The number of carbonyl (C=O) groups excluding carboxylic acids is 1. The minimum atomic E-state index is -0.370. The van der Waals surface area contributed by atoms with Gasteiger partial charge in [0.2, 0.25) is 0 Å². The van der Waals surface area contributed by atoms with E-state index in [1.807, 2.05) is 0 Å². The van der Waals surface area contributed by atoms with Gasteiger partial charge in [-0.1, -0.05) is 26.0 Å². The van der Waals surface area contributed by atoms with Gasteiger partial charge in [-0.15, -0.1) is 0 Å². The number of benzene rings is 1. The second kappa shape index (κ2) is 7.75. The van der Waals surface area contributed by atoms with E-state index in [9.17, 15) is 9.18 Å². The molecule has 0 saturated carbocycles. The molecule has 0 radical (unpaired) electrons. The molecule has 1 aromatic heterocycles. The zero-order valence-electron chi connectivity index (χ0n) is 12.9. The van der Waals surface area contributed by atoms with E-state index in [0.717, 1.165) is 19.6 Å². The molecule has 1 heterocycles. The van der Waals surface area contributed by atoms with Crippen molar-refractivity contribution in [3.8, 4) is 11.3 Å². The van der Waals surface area contributed by atoms with Gasteiger partial charge in [-0.3, -0.25) is 4.79 Å². The quantitative estimate of drug-likeness (QED) is 0.854. The first-order valence-electron chi connectivity index (χ1n) is 7.51. The zero-order valence-corrected chi connectivity index (χ0v) is 12.9. The Morgan fingerprint density at radius 1 is 1.18 bits per heavy atom. The van der Waals surface area contributed by atoms with Crippen LogP contribution in [0, 0.1) is 5.82 Å². The van der Waals surface area contributed by atoms with Gasteiger partial charge >= 0.3 is 0 Å². The molecule has 5 heteroatoms. The van der Waals surface area contributed by atoms with Crippen molar-refractivity contribution in [3.05, 3.63) is 48.0 Å². The van der Waals surface area contributed by atoms with Gasteiger partial charge < -0.3 is 14.6 Å². The van der Waals surface area contributed by atoms with Gasteiger partial charge in [-0.05, 0) is 37.4 Å². The van der Waals surface area contributed by atoms with Crippen molar-refractivity contribution in [1.82, 2.24) is 10.2 Å². The number of halogens is 1. The second-order valence-electron chi connectivity index (χ2n) is 4.93. The summed E-state index contributed by atoms with van der Waals surface area (Å²) in [5.74, 6) is -0.107. The van der Waals surface area contributed by atoms with Crippen LogP contribution in [0.25, 0.3) is 11.3 Å². The zero-order chi connectivity index (χ0) is 15.9. The highest BCUT2D eigenvalue weighted by Gasteiger charge is 2.14. The number of nitrogens with one attached hydrogen (secondary N) is 1. The van der Waals surface area contributed by atoms with E-state index in [1.54, 1.807) is 30.3 Å². The van der Waals surface area contributed by atoms with E-state index < -0.39 is 0 Å². The average Bonchev–Trinajstić information content (AvgIpc) is 3.01. The fourth-order valence-corrected chi connectivity index (χ4v) is 2.22. The molecule has 1 aromatic carbocycles. The van der Waals surface area contributed by atoms with Crippen LogP contribution in [0.5, 0.6) is 0 Å². The maximum Gasteiger partial charge on any atom is 0.287 e. The molecule has 0 spiro atoms. The molecule has 0 saturated heterocycles. The second-order valence-corrected chi connectivity index (χ2v) is 4.93. The molecule has 0 bridgehead atoms. The summed E-state index contributed by atoms with van der Waals surface area (Å²) in [5.41, 5.74) is 0.352. The molecule has 0 unspecified atom stereocenters. The SMILES string of the molecule is CCN(CC)CCNC(=O)c1ccc(-c2ccccc2F)o1. The Labute approximate surface area is 129 Å². The molecular formula is C17H21FN2O2. The summed E-state index contributed by atoms with van der Waals surface area (Å²) in [7, 11) is 0. The molecule has 4 nitrogen and oxygen atoms in total. The Hall–Kier alpha value is -2.14. The molecule has 0 aliphatic rings. The lowest BCUT2D eigenvalue weighted by atomic mass is 10.1. The van der Waals surface area contributed by atoms with Gasteiger partial charge in [0.1, 0.15) is 11.6 Å². The molecule has 0 fully saturated rings. The van der Waals surface area contributed by atoms with Gasteiger partial charge in [-0.2, -0.15) is 0 Å². The van der Waals surface area contributed by atoms with E-state index in [0.29, 0.717) is 17.9 Å². The highest BCUT2D eigenvalue weighted by atomic mass is 19.1. The van der Waals surface area contributed by atoms with Gasteiger partial charge in [0.05, 0.1) is 5.56 Å². The van der Waals surface area contributed by atoms with Crippen LogP contribution in [0.15, 0.2) is 40.8 Å². The van der Waals surface area contributed by atoms with Crippen LogP contribution in [0.2, 0.25) is 0 Å². The number of rotatable bonds is 7. The number of hydrogen-bond acceptors (Lipinski definition) is 3. The smallest absolute Gasteiger partial charge is 0.287 e. The first-order chi connectivity index (χ1) is 10.7. The number of furan rings is 1. The number of carbonyl (C=O) groups is 1. The molecule has 22 heavy (non-hydrogen) atoms. The lowest BCUT2D eigenvalue weighted by Crippen LogP contribution is -2.34. The highest BCUT2D eigenvalue weighted by molar-refractivity contribution is 5.92. The molecule has 0 aliphatic heterocycles. The first-order valence-corrected chi connectivity index (χ1v) is 7.51. The van der Waals surface area contributed by atoms with Crippen molar-refractivity contribution < 1.29 is 13.6 Å². The van der Waals surface area contributed by atoms with Gasteiger partial charge in [0.25, 0.3) is 5.91 Å². The number of hydrogen-bond donors (Lipinski definition) is 1. The van der Waals surface area contributed by atoms with Crippen molar-refractivity contribution in [3.63, 3.8) is 0 Å². The maximum atomic E-state index is 13.7. The average molecular weight is 304 g/mol. The highest BCUT2D eigenvalue weighted by Crippen LogP contribution is 2.24. The summed E-state index contributed by atoms with van der Waals surface area (Å²) in [6.45, 7) is 7.40. The van der Waals surface area contributed by atoms with Crippen molar-refractivity contribution in [2.45, 2.75) is 13.8 Å². The Morgan fingerprint density at radius 3 is 2.59 bits per heavy atom. The molecule has 118 valence electrons. The van der Waals surface area contributed by atoms with Crippen molar-refractivity contribution in [2.75, 3.05) is 26.2 Å². The third kappa shape index (κ3) is 3.95. The minimum absolute atomic E-state index is 0.192. The minimum Gasteiger partial charge on any atom is -0.451 e. The molecule has 0 atom stereocenters. The fraction of sp³-hybridized carbons (Fsp3) is 0.353. The Morgan fingerprint density at radius 2 is 1.91 bits per heavy atom. The lowest BCUT2D eigenvalue weighted by molar-refractivity contribution is 0.0922. The van der Waals surface area contributed by atoms with Crippen LogP contribution in [0.1, 0.15) is 24.4 Å². The summed E-state index contributed by atoms with van der Waals surface area (Å²) >= 11 is 0. The third-order valence-electron chi connectivity index (χ3n) is 3.58. The van der Waals surface area contributed by atoms with Crippen LogP contribution >= 0.6 is 0 Å². The summed E-state index contributed by atoms with van der Waals surface area (Å²) in [6, 6.07) is 9.50. The summed E-state index contributed by atoms with van der Waals surface area (Å²) < 4.78 is 19.1. The van der Waals surface area contributed by atoms with Gasteiger partial charge in [0.15, 0.2) is 5.76 Å². The summed E-state index contributed by atoms with van der Waals surface area (Å²) in [4.78, 5) is 14.2. The summed E-state index contributed by atoms with van der Waals surface area (Å²) in [6.07, 6.45) is 0. The van der Waals surface area contributed by atoms with Gasteiger partial charge in [-0.25, -0.2) is 4.39 Å². The maximum absolute atomic E-state index is 13.7. The predicted octanol–water partition coefficient (Wildman–Crippen LogP) is 3.16. The largest absolute Gasteiger partial charge is 0.451 e. The van der Waals surface area contributed by atoms with Crippen LogP contribution in [-0.4, -0.2) is 37.0 Å². The normalized spacial score (nSPS) is 10.9. The first kappa shape index (κ1) is 16.2. The molecule has 1 amide bonds. The Balaban J connectivity index is 1.96. The Kier molecular flexibility index (Phi) is 5.72. The van der Waals surface area contributed by atoms with Crippen LogP contribution in [0.4, 0.5) is 4.39 Å². The van der Waals surface area contributed by atoms with E-state index >= 15 is 0 Å². The summed E-state index contributed by atoms with van der Waals surface area (Å²) in [5, 5.41) is 2.81. The Bertz CT molecular complexity index is 621. The number of likely N-dealkylation sites (N-methyl/N-ethyl adjacent to an activating group) is 1. The van der Waals surface area contributed by atoms with E-state index in [4.69, 9.17) is 4.42 Å². The van der Waals surface area contributed by atoms with Crippen molar-refractivity contribution in [1.29, 1.82) is 0 Å². The molecule has 1 N–H and O–H groups in total. The van der Waals surface area contributed by atoms with Crippen LogP contribution in [-0.2, 0) is 0 Å². The van der Waals surface area contributed by atoms with Crippen molar-refractivity contribution in [2.24, 2.45) is 0 Å². The lowest BCUT2D eigenvalue weighted by Gasteiger charge is -2.17. The van der Waals surface area contributed by atoms with E-state index in [1.165, 1.54) is 6.07 Å². The van der Waals surface area contributed by atoms with Crippen LogP contribution < -0.4 is 5.32 Å². The third-order valence-corrected chi connectivity index (χ3v) is 3.58. The standard InChI is InChI=1S/C17H21FN2O2/c1-3-20(4-2)12-11-19-17(21)16-10-9-15(22-16)13-7-5-6-8-14(13)18/h5-10H,3-4,11-12H2,1-2H3,(H,19,21). The molecule has 2 aromatic rings. The fourth-order valence-electron chi connectivity index (χ4n) is 2.22. The number of amides is 1. The van der Waals surface area contributed by atoms with Crippen LogP contribution in [0.3, 0.4) is 0 Å². The predicted molar refractivity (Wildman–Crippen MR) is 84.2 cm³/mol. The van der Waals surface area contributed by atoms with Crippen molar-refractivity contribution >= 4 is 5.91 Å². The van der Waals surface area contributed by atoms with E-state index in [2.05, 4.69) is 24.1 Å². The van der Waals surface area contributed by atoms with Gasteiger partial charge in [0, 0.05) is 13.1 Å². The number of nitrogens with zero attached hydrogens (tertiary/aromatic N) is 1. The topological polar surface area (TPSA) is 45.5 Å². The molecule has 0 aliphatic carbocycles. The van der Waals surface area contributed by atoms with E-state index in [-0.39, 0.29) is 17.5 Å². The molecular weight excluding hydrogens is 283 g/mol. The molecule has 2 rings (SSSR count).